The molecule has 0 saturated carbocycles. The molecule has 0 fully saturated rings. The molecule has 0 aliphatic rings. The first kappa shape index (κ1) is 18.7. The van der Waals surface area contributed by atoms with Crippen LogP contribution in [-0.2, 0) is 12.7 Å². The third kappa shape index (κ3) is 4.19. The molecule has 0 spiro atoms. The van der Waals surface area contributed by atoms with Crippen molar-refractivity contribution in [3.05, 3.63) is 82.7 Å². The molecule has 0 aliphatic carbocycles. The second-order valence-electron chi connectivity index (χ2n) is 6.22. The number of anilines is 1. The summed E-state index contributed by atoms with van der Waals surface area (Å²) in [6.45, 7) is 4.09. The van der Waals surface area contributed by atoms with Gasteiger partial charge in [0.25, 0.3) is 5.91 Å². The van der Waals surface area contributed by atoms with E-state index in [1.54, 1.807) is 11.6 Å². The Kier molecular flexibility index (Phi) is 5.03. The van der Waals surface area contributed by atoms with Crippen molar-refractivity contribution in [2.24, 2.45) is 0 Å². The third-order valence-corrected chi connectivity index (χ3v) is 4.25. The number of hydrogen-bond donors (Lipinski definition) is 1. The Hall–Kier alpha value is -3.09. The van der Waals surface area contributed by atoms with E-state index in [4.69, 9.17) is 0 Å². The maximum absolute atomic E-state index is 12.9. The lowest BCUT2D eigenvalue weighted by molar-refractivity contribution is -0.137. The number of aryl methyl sites for hydroxylation is 1. The van der Waals surface area contributed by atoms with E-state index in [9.17, 15) is 18.0 Å². The van der Waals surface area contributed by atoms with Gasteiger partial charge in [0.15, 0.2) is 0 Å². The van der Waals surface area contributed by atoms with Crippen molar-refractivity contribution in [2.45, 2.75) is 26.6 Å². The summed E-state index contributed by atoms with van der Waals surface area (Å²) >= 11 is 0. The molecule has 0 saturated heterocycles. The normalized spacial score (nSPS) is 11.4. The second-order valence-corrected chi connectivity index (χ2v) is 6.22. The van der Waals surface area contributed by atoms with Gasteiger partial charge in [0, 0.05) is 5.56 Å². The van der Waals surface area contributed by atoms with Crippen molar-refractivity contribution in [1.82, 2.24) is 9.78 Å². The maximum atomic E-state index is 12.9. The highest BCUT2D eigenvalue weighted by Gasteiger charge is 2.31. The average molecular weight is 373 g/mol. The molecule has 7 heteroatoms. The van der Waals surface area contributed by atoms with Gasteiger partial charge >= 0.3 is 6.18 Å². The Balaban J connectivity index is 1.83. The minimum absolute atomic E-state index is 0.0561. The molecular weight excluding hydrogens is 355 g/mol. The zero-order chi connectivity index (χ0) is 19.6. The fraction of sp³-hybridized carbons (Fsp3) is 0.200. The molecule has 1 heterocycles. The van der Waals surface area contributed by atoms with Crippen molar-refractivity contribution in [1.29, 1.82) is 0 Å². The molecule has 140 valence electrons. The van der Waals surface area contributed by atoms with Crippen LogP contribution in [0.1, 0.15) is 32.9 Å². The van der Waals surface area contributed by atoms with E-state index in [0.717, 1.165) is 23.4 Å². The van der Waals surface area contributed by atoms with Crippen molar-refractivity contribution >= 4 is 11.6 Å². The van der Waals surface area contributed by atoms with Crippen LogP contribution in [0.2, 0.25) is 0 Å². The molecule has 1 aromatic heterocycles. The molecule has 0 unspecified atom stereocenters. The van der Waals surface area contributed by atoms with E-state index in [-0.39, 0.29) is 5.56 Å². The van der Waals surface area contributed by atoms with E-state index >= 15 is 0 Å². The van der Waals surface area contributed by atoms with Crippen LogP contribution in [0.25, 0.3) is 0 Å². The maximum Gasteiger partial charge on any atom is 0.416 e. The minimum Gasteiger partial charge on any atom is -0.319 e. The van der Waals surface area contributed by atoms with Crippen LogP contribution < -0.4 is 5.32 Å². The number of alkyl halides is 3. The number of halogens is 3. The summed E-state index contributed by atoms with van der Waals surface area (Å²) < 4.78 is 40.3. The molecule has 4 nitrogen and oxygen atoms in total. The molecule has 0 bridgehead atoms. The lowest BCUT2D eigenvalue weighted by atomic mass is 10.1. The zero-order valence-electron chi connectivity index (χ0n) is 14.8. The number of carbonyl (C=O) groups is 1. The van der Waals surface area contributed by atoms with Crippen LogP contribution in [0, 0.1) is 13.8 Å². The molecule has 3 aromatic rings. The predicted octanol–water partition coefficient (Wildman–Crippen LogP) is 4.82. The molecular formula is C20H18F3N3O. The van der Waals surface area contributed by atoms with Gasteiger partial charge in [0.2, 0.25) is 0 Å². The Bertz CT molecular complexity index is 962. The van der Waals surface area contributed by atoms with Crippen molar-refractivity contribution < 1.29 is 18.0 Å². The molecule has 2 aromatic carbocycles. The first-order chi connectivity index (χ1) is 12.8. The highest BCUT2D eigenvalue weighted by molar-refractivity contribution is 6.05. The Labute approximate surface area is 154 Å². The van der Waals surface area contributed by atoms with Crippen molar-refractivity contribution in [3.63, 3.8) is 0 Å². The van der Waals surface area contributed by atoms with E-state index in [1.165, 1.54) is 12.1 Å². The van der Waals surface area contributed by atoms with E-state index in [0.29, 0.717) is 17.9 Å². The van der Waals surface area contributed by atoms with E-state index in [1.807, 2.05) is 37.3 Å². The number of amides is 1. The second kappa shape index (κ2) is 7.26. The van der Waals surface area contributed by atoms with Gasteiger partial charge in [-0.3, -0.25) is 9.48 Å². The number of hydrogen-bond acceptors (Lipinski definition) is 2. The molecule has 0 atom stereocenters. The SMILES string of the molecule is Cc1nn(Cc2ccccc2)c(C)c1NC(=O)c1cccc(C(F)(F)F)c1. The molecule has 27 heavy (non-hydrogen) atoms. The lowest BCUT2D eigenvalue weighted by Crippen LogP contribution is -2.15. The molecule has 1 N–H and O–H groups in total. The summed E-state index contributed by atoms with van der Waals surface area (Å²) in [5, 5.41) is 7.12. The van der Waals surface area contributed by atoms with E-state index < -0.39 is 17.6 Å². The fourth-order valence-corrected chi connectivity index (χ4v) is 2.81. The standard InChI is InChI=1S/C20H18F3N3O/c1-13-18(14(2)26(25-13)12-15-7-4-3-5-8-15)24-19(27)16-9-6-10-17(11-16)20(21,22)23/h3-11H,12H2,1-2H3,(H,24,27). The molecule has 0 aliphatic heterocycles. The number of nitrogens with one attached hydrogen (secondary N) is 1. The zero-order valence-corrected chi connectivity index (χ0v) is 14.8. The first-order valence-corrected chi connectivity index (χ1v) is 8.32. The Morgan fingerprint density at radius 2 is 1.78 bits per heavy atom. The predicted molar refractivity (Wildman–Crippen MR) is 96.6 cm³/mol. The van der Waals surface area contributed by atoms with Gasteiger partial charge in [-0.25, -0.2) is 0 Å². The van der Waals surface area contributed by atoms with Crippen LogP contribution in [0.5, 0.6) is 0 Å². The van der Waals surface area contributed by atoms with Gasteiger partial charge in [0.1, 0.15) is 0 Å². The highest BCUT2D eigenvalue weighted by atomic mass is 19.4. The lowest BCUT2D eigenvalue weighted by Gasteiger charge is -2.10. The fourth-order valence-electron chi connectivity index (χ4n) is 2.81. The number of nitrogens with zero attached hydrogens (tertiary/aromatic N) is 2. The van der Waals surface area contributed by atoms with Gasteiger partial charge in [-0.2, -0.15) is 18.3 Å². The average Bonchev–Trinajstić information content (AvgIpc) is 2.89. The topological polar surface area (TPSA) is 46.9 Å². The number of benzene rings is 2. The van der Waals surface area contributed by atoms with E-state index in [2.05, 4.69) is 10.4 Å². The smallest absolute Gasteiger partial charge is 0.319 e. The summed E-state index contributed by atoms with van der Waals surface area (Å²) in [4.78, 5) is 12.4. The van der Waals surface area contributed by atoms with Crippen LogP contribution in [0.3, 0.4) is 0 Å². The number of rotatable bonds is 4. The minimum atomic E-state index is -4.50. The van der Waals surface area contributed by atoms with Crippen molar-refractivity contribution in [3.8, 4) is 0 Å². The van der Waals surface area contributed by atoms with Gasteiger partial charge in [-0.1, -0.05) is 36.4 Å². The Morgan fingerprint density at radius 1 is 1.07 bits per heavy atom. The molecule has 1 amide bonds. The highest BCUT2D eigenvalue weighted by Crippen LogP contribution is 2.30. The Morgan fingerprint density at radius 3 is 2.44 bits per heavy atom. The van der Waals surface area contributed by atoms with Crippen LogP contribution in [-0.4, -0.2) is 15.7 Å². The van der Waals surface area contributed by atoms with Crippen LogP contribution in [0.15, 0.2) is 54.6 Å². The molecule has 3 rings (SSSR count). The number of aromatic nitrogens is 2. The van der Waals surface area contributed by atoms with Gasteiger partial charge in [0.05, 0.1) is 29.2 Å². The summed E-state index contributed by atoms with van der Waals surface area (Å²) in [6.07, 6.45) is -4.50. The third-order valence-electron chi connectivity index (χ3n) is 4.25. The van der Waals surface area contributed by atoms with Crippen molar-refractivity contribution in [2.75, 3.05) is 5.32 Å². The summed E-state index contributed by atoms with van der Waals surface area (Å²) in [7, 11) is 0. The van der Waals surface area contributed by atoms with Crippen LogP contribution in [0.4, 0.5) is 18.9 Å². The number of carbonyl (C=O) groups excluding carboxylic acids is 1. The first-order valence-electron chi connectivity index (χ1n) is 8.32. The quantitative estimate of drug-likeness (QED) is 0.713. The largest absolute Gasteiger partial charge is 0.416 e. The molecule has 0 radical (unpaired) electrons. The summed E-state index contributed by atoms with van der Waals surface area (Å²) in [5.41, 5.74) is 1.98. The monoisotopic (exact) mass is 373 g/mol. The van der Waals surface area contributed by atoms with Gasteiger partial charge in [-0.05, 0) is 37.6 Å². The van der Waals surface area contributed by atoms with Gasteiger partial charge < -0.3 is 5.32 Å². The van der Waals surface area contributed by atoms with Crippen LogP contribution >= 0.6 is 0 Å². The van der Waals surface area contributed by atoms with Gasteiger partial charge in [-0.15, -0.1) is 0 Å². The summed E-state index contributed by atoms with van der Waals surface area (Å²) in [5.74, 6) is -0.605. The summed E-state index contributed by atoms with van der Waals surface area (Å²) in [6, 6.07) is 14.1.